The van der Waals surface area contributed by atoms with E-state index in [-0.39, 0.29) is 38.3 Å². The van der Waals surface area contributed by atoms with Gasteiger partial charge in [-0.25, -0.2) is 22.0 Å². The highest BCUT2D eigenvalue weighted by atomic mass is 19.4. The number of nitrogens with zero attached hydrogens (tertiary/aromatic N) is 2. The molecule has 10 heteroatoms. The van der Waals surface area contributed by atoms with E-state index in [0.717, 1.165) is 18.2 Å². The molecule has 0 saturated carbocycles. The van der Waals surface area contributed by atoms with Crippen LogP contribution in [0.15, 0.2) is 36.4 Å². The third-order valence-corrected chi connectivity index (χ3v) is 6.25. The lowest BCUT2D eigenvalue weighted by molar-refractivity contribution is -0.142. The molecular formula is C31H16F8N2. The van der Waals surface area contributed by atoms with Crippen LogP contribution in [0.25, 0.3) is 33.4 Å². The smallest absolute Gasteiger partial charge is 0.206 e. The molecule has 0 amide bonds. The van der Waals surface area contributed by atoms with E-state index < -0.39 is 58.2 Å². The van der Waals surface area contributed by atoms with Crippen molar-refractivity contribution in [2.75, 3.05) is 0 Å². The van der Waals surface area contributed by atoms with Crippen LogP contribution in [0.4, 0.5) is 35.1 Å². The molecule has 0 saturated heterocycles. The summed E-state index contributed by atoms with van der Waals surface area (Å²) in [7, 11) is 0. The van der Waals surface area contributed by atoms with Crippen LogP contribution in [0, 0.1) is 71.7 Å². The van der Waals surface area contributed by atoms with Crippen molar-refractivity contribution in [3.05, 3.63) is 81.0 Å². The molecule has 0 aliphatic heterocycles. The summed E-state index contributed by atoms with van der Waals surface area (Å²) >= 11 is 0. The van der Waals surface area contributed by atoms with Gasteiger partial charge in [-0.3, -0.25) is 0 Å². The van der Waals surface area contributed by atoms with Gasteiger partial charge in [-0.15, -0.1) is 12.8 Å². The van der Waals surface area contributed by atoms with Crippen LogP contribution >= 0.6 is 0 Å². The fraction of sp³-hybridized carbons (Fsp3) is 0.161. The maximum Gasteiger partial charge on any atom is 0.422 e. The minimum absolute atomic E-state index is 0.0427. The highest BCUT2D eigenvalue weighted by Gasteiger charge is 2.38. The number of rotatable bonds is 4. The molecule has 206 valence electrons. The third kappa shape index (κ3) is 5.65. The van der Waals surface area contributed by atoms with Crippen LogP contribution < -0.4 is 10.4 Å². The SMILES string of the molecule is C#CC(C#C)=c1cc(-c2cc(F)c(C(F)(F)F)c(F)c2)c(=C(C#N)C#N)cc1-c1cc(C)c(C(F)(F)CC)c(F)c1. The molecule has 0 aliphatic carbocycles. The first-order valence-electron chi connectivity index (χ1n) is 11.6. The Morgan fingerprint density at radius 1 is 0.707 bits per heavy atom. The Balaban J connectivity index is 2.59. The number of nitriles is 2. The number of halogens is 8. The Morgan fingerprint density at radius 2 is 1.12 bits per heavy atom. The maximum absolute atomic E-state index is 15.1. The van der Waals surface area contributed by atoms with E-state index >= 15 is 4.39 Å². The normalized spacial score (nSPS) is 11.2. The largest absolute Gasteiger partial charge is 0.422 e. The van der Waals surface area contributed by atoms with Crippen molar-refractivity contribution in [2.24, 2.45) is 0 Å². The van der Waals surface area contributed by atoms with E-state index in [1.54, 1.807) is 12.1 Å². The van der Waals surface area contributed by atoms with Crippen molar-refractivity contribution >= 4 is 11.1 Å². The van der Waals surface area contributed by atoms with Gasteiger partial charge in [0.05, 0.1) is 11.1 Å². The van der Waals surface area contributed by atoms with Crippen LogP contribution in [0.3, 0.4) is 0 Å². The fourth-order valence-corrected chi connectivity index (χ4v) is 4.37. The van der Waals surface area contributed by atoms with Gasteiger partial charge in [0.2, 0.25) is 0 Å². The Bertz CT molecular complexity index is 1790. The van der Waals surface area contributed by atoms with Crippen molar-refractivity contribution in [1.29, 1.82) is 10.5 Å². The molecule has 3 aromatic carbocycles. The molecule has 0 spiro atoms. The minimum atomic E-state index is -5.36. The van der Waals surface area contributed by atoms with E-state index in [1.165, 1.54) is 19.9 Å². The number of alkyl halides is 5. The Labute approximate surface area is 229 Å². The number of benzene rings is 3. The molecule has 41 heavy (non-hydrogen) atoms. The lowest BCUT2D eigenvalue weighted by atomic mass is 9.89. The van der Waals surface area contributed by atoms with Crippen molar-refractivity contribution < 1.29 is 35.1 Å². The predicted molar refractivity (Wildman–Crippen MR) is 136 cm³/mol. The average Bonchev–Trinajstić information content (AvgIpc) is 2.88. The van der Waals surface area contributed by atoms with Crippen molar-refractivity contribution in [1.82, 2.24) is 0 Å². The molecular weight excluding hydrogens is 552 g/mol. The Kier molecular flexibility index (Phi) is 8.33. The topological polar surface area (TPSA) is 47.6 Å². The first-order valence-corrected chi connectivity index (χ1v) is 11.6. The second kappa shape index (κ2) is 11.2. The van der Waals surface area contributed by atoms with Crippen LogP contribution in [0.1, 0.15) is 30.0 Å². The number of hydrogen-bond acceptors (Lipinski definition) is 2. The van der Waals surface area contributed by atoms with Crippen molar-refractivity contribution in [3.8, 4) is 59.1 Å². The number of aryl methyl sites for hydroxylation is 1. The second-order valence-corrected chi connectivity index (χ2v) is 8.73. The molecule has 0 N–H and O–H groups in total. The van der Waals surface area contributed by atoms with E-state index in [0.29, 0.717) is 12.1 Å². The first-order chi connectivity index (χ1) is 19.1. The summed E-state index contributed by atoms with van der Waals surface area (Å²) in [5.41, 5.74) is -4.91. The molecule has 0 radical (unpaired) electrons. The first kappa shape index (κ1) is 30.5. The summed E-state index contributed by atoms with van der Waals surface area (Å²) < 4.78 is 112. The highest BCUT2D eigenvalue weighted by Crippen LogP contribution is 2.38. The molecule has 0 atom stereocenters. The van der Waals surface area contributed by atoms with Crippen LogP contribution in [0.5, 0.6) is 0 Å². The van der Waals surface area contributed by atoms with Gasteiger partial charge in [0.25, 0.3) is 5.92 Å². The molecule has 0 fully saturated rings. The summed E-state index contributed by atoms with van der Waals surface area (Å²) in [6, 6.07) is 8.04. The van der Waals surface area contributed by atoms with Gasteiger partial charge in [0.1, 0.15) is 40.7 Å². The fourth-order valence-electron chi connectivity index (χ4n) is 4.37. The van der Waals surface area contributed by atoms with Gasteiger partial charge in [-0.2, -0.15) is 23.7 Å². The van der Waals surface area contributed by atoms with Crippen LogP contribution in [-0.4, -0.2) is 0 Å². The van der Waals surface area contributed by atoms with E-state index in [1.807, 2.05) is 0 Å². The quantitative estimate of drug-likeness (QED) is 0.255. The lowest BCUT2D eigenvalue weighted by Crippen LogP contribution is -2.21. The summed E-state index contributed by atoms with van der Waals surface area (Å²) in [6.07, 6.45) is 4.98. The Hall–Kier alpha value is -5.06. The number of terminal acetylenes is 2. The predicted octanol–water partition coefficient (Wildman–Crippen LogP) is 6.88. The molecule has 3 aromatic rings. The van der Waals surface area contributed by atoms with E-state index in [9.17, 15) is 41.3 Å². The van der Waals surface area contributed by atoms with Crippen LogP contribution in [0.2, 0.25) is 0 Å². The molecule has 0 aliphatic rings. The minimum Gasteiger partial charge on any atom is -0.206 e. The second-order valence-electron chi connectivity index (χ2n) is 8.73. The van der Waals surface area contributed by atoms with Gasteiger partial charge in [0.15, 0.2) is 0 Å². The molecule has 0 unspecified atom stereocenters. The summed E-state index contributed by atoms with van der Waals surface area (Å²) in [4.78, 5) is 0. The van der Waals surface area contributed by atoms with Gasteiger partial charge in [0, 0.05) is 16.9 Å². The zero-order chi connectivity index (χ0) is 30.9. The molecule has 0 heterocycles. The van der Waals surface area contributed by atoms with Crippen molar-refractivity contribution in [3.63, 3.8) is 0 Å². The lowest BCUT2D eigenvalue weighted by Gasteiger charge is -2.19. The van der Waals surface area contributed by atoms with Gasteiger partial charge >= 0.3 is 6.18 Å². The highest BCUT2D eigenvalue weighted by molar-refractivity contribution is 5.86. The molecule has 0 bridgehead atoms. The molecule has 3 rings (SSSR count). The standard InChI is InChI=1S/C31H16F8N2/c1-5-17(6-2)21-12-23(19-10-26(33)29(27(34)11-19)31(37,38)39)24(20(14-40)15-41)13-22(21)18-8-16(4)28(25(32)9-18)30(35,36)7-3/h1-2,8-13H,7H2,3-4H3. The van der Waals surface area contributed by atoms with Gasteiger partial charge in [-0.1, -0.05) is 24.8 Å². The van der Waals surface area contributed by atoms with Gasteiger partial charge < -0.3 is 0 Å². The third-order valence-electron chi connectivity index (χ3n) is 6.25. The number of hydrogen-bond donors (Lipinski definition) is 0. The van der Waals surface area contributed by atoms with Gasteiger partial charge in [-0.05, 0) is 65.1 Å². The zero-order valence-corrected chi connectivity index (χ0v) is 21.2. The molecule has 0 aromatic heterocycles. The monoisotopic (exact) mass is 568 g/mol. The Morgan fingerprint density at radius 3 is 1.49 bits per heavy atom. The average molecular weight is 568 g/mol. The van der Waals surface area contributed by atoms with E-state index in [4.69, 9.17) is 12.8 Å². The summed E-state index contributed by atoms with van der Waals surface area (Å²) in [5, 5.41) is 18.7. The van der Waals surface area contributed by atoms with E-state index in [2.05, 4.69) is 11.8 Å². The summed E-state index contributed by atoms with van der Waals surface area (Å²) in [5.74, 6) is -4.33. The summed E-state index contributed by atoms with van der Waals surface area (Å²) in [6.45, 7) is 2.41. The zero-order valence-electron chi connectivity index (χ0n) is 21.2. The maximum atomic E-state index is 15.1. The molecule has 2 nitrogen and oxygen atoms in total. The van der Waals surface area contributed by atoms with Crippen molar-refractivity contribution in [2.45, 2.75) is 32.4 Å². The van der Waals surface area contributed by atoms with Crippen LogP contribution in [-0.2, 0) is 12.1 Å².